The van der Waals surface area contributed by atoms with E-state index >= 15 is 0 Å². The number of methoxy groups -OCH3 is 1. The molecule has 1 saturated heterocycles. The second-order valence-electron chi connectivity index (χ2n) is 9.93. The van der Waals surface area contributed by atoms with Gasteiger partial charge in [-0.15, -0.1) is 0 Å². The molecule has 0 unspecified atom stereocenters. The van der Waals surface area contributed by atoms with Gasteiger partial charge in [-0.25, -0.2) is 4.98 Å². The standard InChI is InChI=1S/C25H37N7O5/c1-14(13-36-5)37-24-29-18(12-19(30-24)23(34)28-15(2)25(3,4)35)16-8-10-32(11-9-16)20-7-6-17(26)21(31-20)22(27)33/h6-7,12,14-16,35H,8-11,13,26H2,1-5H3,(H2,27,33)(H,28,34)/t14-,15-/m1/s1. The first-order valence-corrected chi connectivity index (χ1v) is 12.3. The van der Waals surface area contributed by atoms with E-state index < -0.39 is 23.5 Å². The zero-order chi connectivity index (χ0) is 27.3. The number of rotatable bonds is 10. The van der Waals surface area contributed by atoms with E-state index in [1.54, 1.807) is 46.1 Å². The first-order valence-electron chi connectivity index (χ1n) is 12.3. The van der Waals surface area contributed by atoms with E-state index in [4.69, 9.17) is 20.9 Å². The van der Waals surface area contributed by atoms with Gasteiger partial charge < -0.3 is 36.3 Å². The molecule has 0 bridgehead atoms. The van der Waals surface area contributed by atoms with Crippen molar-refractivity contribution in [3.05, 3.63) is 35.3 Å². The number of aromatic nitrogens is 3. The molecule has 0 spiro atoms. The van der Waals surface area contributed by atoms with E-state index in [2.05, 4.69) is 25.2 Å². The Bertz CT molecular complexity index is 1110. The van der Waals surface area contributed by atoms with Crippen LogP contribution in [0, 0.1) is 0 Å². The predicted octanol–water partition coefficient (Wildman–Crippen LogP) is 1.24. The molecule has 3 rings (SSSR count). The number of ether oxygens (including phenoxy) is 2. The molecule has 0 aliphatic carbocycles. The van der Waals surface area contributed by atoms with Gasteiger partial charge in [0.15, 0.2) is 5.69 Å². The third-order valence-corrected chi connectivity index (χ3v) is 6.46. The highest BCUT2D eigenvalue weighted by atomic mass is 16.5. The molecule has 12 heteroatoms. The maximum absolute atomic E-state index is 13.0. The van der Waals surface area contributed by atoms with Crippen LogP contribution in [0.1, 0.15) is 73.1 Å². The summed E-state index contributed by atoms with van der Waals surface area (Å²) in [5.74, 6) is -0.427. The molecule has 2 amide bonds. The minimum atomic E-state index is -1.10. The second kappa shape index (κ2) is 11.7. The fourth-order valence-corrected chi connectivity index (χ4v) is 3.95. The number of primary amides is 1. The molecule has 37 heavy (non-hydrogen) atoms. The maximum atomic E-state index is 13.0. The Hall–Kier alpha value is -3.51. The Morgan fingerprint density at radius 1 is 1.22 bits per heavy atom. The van der Waals surface area contributed by atoms with Crippen LogP contribution in [-0.2, 0) is 4.74 Å². The number of carbonyl (C=O) groups is 2. The number of aliphatic hydroxyl groups is 1. The number of anilines is 2. The minimum absolute atomic E-state index is 0.0435. The zero-order valence-corrected chi connectivity index (χ0v) is 22.0. The molecule has 1 fully saturated rings. The number of carbonyl (C=O) groups excluding carboxylic acids is 2. The fourth-order valence-electron chi connectivity index (χ4n) is 3.95. The van der Waals surface area contributed by atoms with Crippen LogP contribution in [0.3, 0.4) is 0 Å². The molecule has 1 aliphatic rings. The molecule has 2 atom stereocenters. The summed E-state index contributed by atoms with van der Waals surface area (Å²) in [6, 6.07) is 4.66. The van der Waals surface area contributed by atoms with Gasteiger partial charge >= 0.3 is 6.01 Å². The highest BCUT2D eigenvalue weighted by molar-refractivity contribution is 5.96. The summed E-state index contributed by atoms with van der Waals surface area (Å²) in [5.41, 5.74) is 11.3. The largest absolute Gasteiger partial charge is 0.458 e. The van der Waals surface area contributed by atoms with E-state index in [0.717, 1.165) is 12.8 Å². The second-order valence-corrected chi connectivity index (χ2v) is 9.93. The zero-order valence-electron chi connectivity index (χ0n) is 22.0. The molecular weight excluding hydrogens is 478 g/mol. The first kappa shape index (κ1) is 28.1. The molecule has 1 aliphatic heterocycles. The van der Waals surface area contributed by atoms with Crippen molar-refractivity contribution in [3.63, 3.8) is 0 Å². The number of nitrogens with one attached hydrogen (secondary N) is 1. The summed E-state index contributed by atoms with van der Waals surface area (Å²) in [6.07, 6.45) is 1.14. The summed E-state index contributed by atoms with van der Waals surface area (Å²) in [6.45, 7) is 8.44. The van der Waals surface area contributed by atoms with E-state index in [1.165, 1.54) is 0 Å². The number of amides is 2. The average Bonchev–Trinajstić information content (AvgIpc) is 2.83. The highest BCUT2D eigenvalue weighted by Crippen LogP contribution is 2.31. The quantitative estimate of drug-likeness (QED) is 0.360. The van der Waals surface area contributed by atoms with Crippen LogP contribution in [-0.4, -0.2) is 76.4 Å². The van der Waals surface area contributed by atoms with Crippen LogP contribution in [0.4, 0.5) is 11.5 Å². The fraction of sp³-hybridized carbons (Fsp3) is 0.560. The molecule has 0 aromatic carbocycles. The SMILES string of the molecule is COC[C@@H](C)Oc1nc(C(=O)N[C@H](C)C(C)(C)O)cc(C2CCN(c3ccc(N)c(C(N)=O)n3)CC2)n1. The normalized spacial score (nSPS) is 16.2. The van der Waals surface area contributed by atoms with E-state index in [-0.39, 0.29) is 35.1 Å². The highest BCUT2D eigenvalue weighted by Gasteiger charge is 2.28. The lowest BCUT2D eigenvalue weighted by atomic mass is 9.92. The summed E-state index contributed by atoms with van der Waals surface area (Å²) in [4.78, 5) is 40.0. The Labute approximate surface area is 216 Å². The van der Waals surface area contributed by atoms with Crippen molar-refractivity contribution in [2.24, 2.45) is 5.73 Å². The molecule has 2 aromatic heterocycles. The molecule has 6 N–H and O–H groups in total. The van der Waals surface area contributed by atoms with Gasteiger partial charge in [0.05, 0.1) is 29.6 Å². The van der Waals surface area contributed by atoms with Crippen molar-refractivity contribution in [1.29, 1.82) is 0 Å². The summed E-state index contributed by atoms with van der Waals surface area (Å²) < 4.78 is 11.0. The lowest BCUT2D eigenvalue weighted by Crippen LogP contribution is -2.47. The molecule has 12 nitrogen and oxygen atoms in total. The Morgan fingerprint density at radius 2 is 1.89 bits per heavy atom. The van der Waals surface area contributed by atoms with Crippen molar-refractivity contribution in [2.75, 3.05) is 37.4 Å². The summed E-state index contributed by atoms with van der Waals surface area (Å²) in [5, 5.41) is 13.0. The molecule has 3 heterocycles. The monoisotopic (exact) mass is 515 g/mol. The van der Waals surface area contributed by atoms with Crippen molar-refractivity contribution >= 4 is 23.3 Å². The Balaban J connectivity index is 1.81. The number of nitrogens with two attached hydrogens (primary N) is 2. The maximum Gasteiger partial charge on any atom is 0.317 e. The van der Waals surface area contributed by atoms with E-state index in [9.17, 15) is 14.7 Å². The number of hydrogen-bond donors (Lipinski definition) is 4. The summed E-state index contributed by atoms with van der Waals surface area (Å²) in [7, 11) is 1.57. The average molecular weight is 516 g/mol. The number of piperidine rings is 1. The minimum Gasteiger partial charge on any atom is -0.458 e. The molecule has 202 valence electrons. The first-order chi connectivity index (χ1) is 17.4. The van der Waals surface area contributed by atoms with Crippen LogP contribution >= 0.6 is 0 Å². The van der Waals surface area contributed by atoms with Crippen molar-refractivity contribution in [3.8, 4) is 6.01 Å². The van der Waals surface area contributed by atoms with Gasteiger partial charge in [0.2, 0.25) is 0 Å². The third-order valence-electron chi connectivity index (χ3n) is 6.46. The van der Waals surface area contributed by atoms with Gasteiger partial charge in [0, 0.05) is 26.1 Å². The van der Waals surface area contributed by atoms with Gasteiger partial charge in [-0.1, -0.05) is 0 Å². The van der Waals surface area contributed by atoms with Gasteiger partial charge in [0.25, 0.3) is 11.8 Å². The van der Waals surface area contributed by atoms with Crippen LogP contribution in [0.2, 0.25) is 0 Å². The smallest absolute Gasteiger partial charge is 0.317 e. The molecular formula is C25H37N7O5. The summed E-state index contributed by atoms with van der Waals surface area (Å²) >= 11 is 0. The number of pyridine rings is 1. The molecule has 0 saturated carbocycles. The van der Waals surface area contributed by atoms with E-state index in [0.29, 0.717) is 31.2 Å². The Kier molecular flexibility index (Phi) is 8.87. The molecule has 2 aromatic rings. The number of nitrogens with zero attached hydrogens (tertiary/aromatic N) is 4. The Morgan fingerprint density at radius 3 is 2.49 bits per heavy atom. The van der Waals surface area contributed by atoms with Crippen LogP contribution in [0.25, 0.3) is 0 Å². The van der Waals surface area contributed by atoms with Crippen LogP contribution in [0.15, 0.2) is 18.2 Å². The number of hydrogen-bond acceptors (Lipinski definition) is 10. The van der Waals surface area contributed by atoms with Crippen LogP contribution in [0.5, 0.6) is 6.01 Å². The lowest BCUT2D eigenvalue weighted by Gasteiger charge is -2.33. The van der Waals surface area contributed by atoms with Gasteiger partial charge in [0.1, 0.15) is 17.6 Å². The third kappa shape index (κ3) is 7.26. The number of nitrogen functional groups attached to an aromatic ring is 1. The topological polar surface area (TPSA) is 179 Å². The van der Waals surface area contributed by atoms with Crippen molar-refractivity contribution in [1.82, 2.24) is 20.3 Å². The van der Waals surface area contributed by atoms with Gasteiger partial charge in [-0.2, -0.15) is 9.97 Å². The molecule has 0 radical (unpaired) electrons. The van der Waals surface area contributed by atoms with Crippen LogP contribution < -0.4 is 26.4 Å². The van der Waals surface area contributed by atoms with E-state index in [1.807, 2.05) is 6.92 Å². The van der Waals surface area contributed by atoms with Gasteiger partial charge in [-0.3, -0.25) is 9.59 Å². The van der Waals surface area contributed by atoms with Crippen molar-refractivity contribution < 1.29 is 24.2 Å². The van der Waals surface area contributed by atoms with Crippen molar-refractivity contribution in [2.45, 2.75) is 64.2 Å². The lowest BCUT2D eigenvalue weighted by molar-refractivity contribution is 0.0406. The predicted molar refractivity (Wildman–Crippen MR) is 139 cm³/mol. The van der Waals surface area contributed by atoms with Gasteiger partial charge in [-0.05, 0) is 58.7 Å².